The lowest BCUT2D eigenvalue weighted by molar-refractivity contribution is -0.140. The van der Waals surface area contributed by atoms with Gasteiger partial charge in [-0.3, -0.25) is 4.79 Å². The van der Waals surface area contributed by atoms with Crippen LogP contribution in [0.15, 0.2) is 24.3 Å². The molecular weight excluding hydrogens is 295 g/mol. The van der Waals surface area contributed by atoms with Crippen molar-refractivity contribution in [2.45, 2.75) is 44.2 Å². The Morgan fingerprint density at radius 1 is 1.30 bits per heavy atom. The summed E-state index contributed by atoms with van der Waals surface area (Å²) >= 11 is 0. The molecular formula is C18H25FN2O2. The lowest BCUT2D eigenvalue weighted by atomic mass is 9.98. The third-order valence-corrected chi connectivity index (χ3v) is 4.94. The fourth-order valence-electron chi connectivity index (χ4n) is 3.39. The fourth-order valence-corrected chi connectivity index (χ4v) is 3.39. The van der Waals surface area contributed by atoms with Crippen LogP contribution >= 0.6 is 0 Å². The average Bonchev–Trinajstić information content (AvgIpc) is 2.51. The Morgan fingerprint density at radius 3 is 2.83 bits per heavy atom. The first-order valence-electron chi connectivity index (χ1n) is 8.52. The lowest BCUT2D eigenvalue weighted by Gasteiger charge is -2.39. The summed E-state index contributed by atoms with van der Waals surface area (Å²) in [5.41, 5.74) is 0. The topological polar surface area (TPSA) is 32.8 Å². The number of benzene rings is 1. The maximum atomic E-state index is 13.5. The Hall–Kier alpha value is -1.62. The lowest BCUT2D eigenvalue weighted by Crippen LogP contribution is -2.56. The van der Waals surface area contributed by atoms with Crippen LogP contribution < -0.4 is 4.74 Å². The molecule has 0 radical (unpaired) electrons. The number of para-hydroxylation sites is 1. The van der Waals surface area contributed by atoms with Gasteiger partial charge >= 0.3 is 0 Å². The van der Waals surface area contributed by atoms with E-state index < -0.39 is 0 Å². The largest absolute Gasteiger partial charge is 0.484 e. The molecule has 2 heterocycles. The molecule has 3 rings (SSSR count). The number of rotatable bonds is 5. The van der Waals surface area contributed by atoms with E-state index in [0.717, 1.165) is 13.0 Å². The SMILES string of the molecule is CN1CCCCC1CCC(=O)N1CC(Oc2ccccc2F)C1. The molecule has 2 aliphatic heterocycles. The minimum absolute atomic E-state index is 0.0896. The van der Waals surface area contributed by atoms with Crippen LogP contribution in [0.5, 0.6) is 5.75 Å². The van der Waals surface area contributed by atoms with E-state index in [2.05, 4.69) is 11.9 Å². The van der Waals surface area contributed by atoms with Crippen molar-refractivity contribution < 1.29 is 13.9 Å². The minimum atomic E-state index is -0.349. The van der Waals surface area contributed by atoms with Gasteiger partial charge in [-0.15, -0.1) is 0 Å². The quantitative estimate of drug-likeness (QED) is 0.836. The van der Waals surface area contributed by atoms with Crippen molar-refractivity contribution in [3.8, 4) is 5.75 Å². The number of carbonyl (C=O) groups is 1. The van der Waals surface area contributed by atoms with Gasteiger partial charge in [0.05, 0.1) is 13.1 Å². The second-order valence-corrected chi connectivity index (χ2v) is 6.64. The average molecular weight is 320 g/mol. The third-order valence-electron chi connectivity index (χ3n) is 4.94. The molecule has 2 aliphatic rings. The van der Waals surface area contributed by atoms with Crippen LogP contribution in [0, 0.1) is 5.82 Å². The van der Waals surface area contributed by atoms with E-state index in [4.69, 9.17) is 4.74 Å². The summed E-state index contributed by atoms with van der Waals surface area (Å²) in [4.78, 5) is 16.4. The first-order valence-corrected chi connectivity index (χ1v) is 8.52. The van der Waals surface area contributed by atoms with Crippen molar-refractivity contribution in [3.05, 3.63) is 30.1 Å². The molecule has 2 saturated heterocycles. The molecule has 1 aromatic rings. The van der Waals surface area contributed by atoms with Crippen molar-refractivity contribution in [2.75, 3.05) is 26.7 Å². The van der Waals surface area contributed by atoms with Crippen LogP contribution in [0.4, 0.5) is 4.39 Å². The first kappa shape index (κ1) is 16.2. The van der Waals surface area contributed by atoms with Gasteiger partial charge in [0.15, 0.2) is 11.6 Å². The monoisotopic (exact) mass is 320 g/mol. The second-order valence-electron chi connectivity index (χ2n) is 6.64. The number of likely N-dealkylation sites (tertiary alicyclic amines) is 2. The van der Waals surface area contributed by atoms with Crippen LogP contribution in [-0.2, 0) is 4.79 Å². The molecule has 1 atom stereocenters. The third kappa shape index (κ3) is 4.02. The Balaban J connectivity index is 1.39. The van der Waals surface area contributed by atoms with Gasteiger partial charge in [0, 0.05) is 12.5 Å². The summed E-state index contributed by atoms with van der Waals surface area (Å²) in [5, 5.41) is 0. The fraction of sp³-hybridized carbons (Fsp3) is 0.611. The maximum Gasteiger partial charge on any atom is 0.222 e. The summed E-state index contributed by atoms with van der Waals surface area (Å²) in [6.45, 7) is 2.27. The zero-order chi connectivity index (χ0) is 16.2. The molecule has 0 saturated carbocycles. The van der Waals surface area contributed by atoms with Crippen molar-refractivity contribution in [1.29, 1.82) is 0 Å². The first-order chi connectivity index (χ1) is 11.1. The molecule has 0 aliphatic carbocycles. The summed E-state index contributed by atoms with van der Waals surface area (Å²) in [6.07, 6.45) is 5.18. The predicted octanol–water partition coefficient (Wildman–Crippen LogP) is 2.68. The predicted molar refractivity (Wildman–Crippen MR) is 86.9 cm³/mol. The molecule has 1 aromatic carbocycles. The minimum Gasteiger partial charge on any atom is -0.484 e. The Kier molecular flexibility index (Phi) is 5.16. The number of nitrogens with zero attached hydrogens (tertiary/aromatic N) is 2. The smallest absolute Gasteiger partial charge is 0.222 e. The van der Waals surface area contributed by atoms with E-state index in [1.165, 1.54) is 25.3 Å². The van der Waals surface area contributed by atoms with E-state index in [-0.39, 0.29) is 23.6 Å². The van der Waals surface area contributed by atoms with Crippen LogP contribution in [0.2, 0.25) is 0 Å². The maximum absolute atomic E-state index is 13.5. The molecule has 0 spiro atoms. The van der Waals surface area contributed by atoms with Crippen molar-refractivity contribution in [3.63, 3.8) is 0 Å². The Morgan fingerprint density at radius 2 is 2.09 bits per heavy atom. The standard InChI is InChI=1S/C18H25FN2O2/c1-20-11-5-4-6-14(20)9-10-18(22)21-12-15(13-21)23-17-8-3-2-7-16(17)19/h2-3,7-8,14-15H,4-6,9-13H2,1H3. The zero-order valence-electron chi connectivity index (χ0n) is 13.7. The highest BCUT2D eigenvalue weighted by Crippen LogP contribution is 2.23. The summed E-state index contributed by atoms with van der Waals surface area (Å²) in [6, 6.07) is 6.94. The van der Waals surface area contributed by atoms with Crippen molar-refractivity contribution >= 4 is 5.91 Å². The normalized spacial score (nSPS) is 22.7. The Labute approximate surface area is 137 Å². The van der Waals surface area contributed by atoms with E-state index in [0.29, 0.717) is 25.6 Å². The Bertz CT molecular complexity index is 546. The molecule has 2 fully saturated rings. The van der Waals surface area contributed by atoms with Crippen LogP contribution in [0.3, 0.4) is 0 Å². The number of hydrogen-bond donors (Lipinski definition) is 0. The van der Waals surface area contributed by atoms with E-state index in [1.807, 2.05) is 4.90 Å². The van der Waals surface area contributed by atoms with Gasteiger partial charge in [0.1, 0.15) is 6.10 Å². The van der Waals surface area contributed by atoms with Crippen LogP contribution in [-0.4, -0.2) is 54.5 Å². The zero-order valence-corrected chi connectivity index (χ0v) is 13.7. The molecule has 126 valence electrons. The van der Waals surface area contributed by atoms with E-state index >= 15 is 0 Å². The van der Waals surface area contributed by atoms with Crippen molar-refractivity contribution in [1.82, 2.24) is 9.80 Å². The summed E-state index contributed by atoms with van der Waals surface area (Å²) in [7, 11) is 2.15. The van der Waals surface area contributed by atoms with Crippen LogP contribution in [0.1, 0.15) is 32.1 Å². The molecule has 0 N–H and O–H groups in total. The number of halogens is 1. The highest BCUT2D eigenvalue weighted by Gasteiger charge is 2.33. The molecule has 1 amide bonds. The number of carbonyl (C=O) groups excluding carboxylic acids is 1. The molecule has 1 unspecified atom stereocenters. The second kappa shape index (κ2) is 7.30. The van der Waals surface area contributed by atoms with Gasteiger partial charge in [-0.25, -0.2) is 4.39 Å². The van der Waals surface area contributed by atoms with Crippen LogP contribution in [0.25, 0.3) is 0 Å². The number of amides is 1. The molecule has 5 heteroatoms. The van der Waals surface area contributed by atoms with Gasteiger partial charge in [0.25, 0.3) is 0 Å². The molecule has 4 nitrogen and oxygen atoms in total. The van der Waals surface area contributed by atoms with Gasteiger partial charge < -0.3 is 14.5 Å². The highest BCUT2D eigenvalue weighted by molar-refractivity contribution is 5.77. The number of piperidine rings is 1. The van der Waals surface area contributed by atoms with E-state index in [9.17, 15) is 9.18 Å². The summed E-state index contributed by atoms with van der Waals surface area (Å²) < 4.78 is 19.1. The highest BCUT2D eigenvalue weighted by atomic mass is 19.1. The number of hydrogen-bond acceptors (Lipinski definition) is 3. The van der Waals surface area contributed by atoms with Crippen molar-refractivity contribution in [2.24, 2.45) is 0 Å². The van der Waals surface area contributed by atoms with Gasteiger partial charge in [0.2, 0.25) is 5.91 Å². The van der Waals surface area contributed by atoms with Gasteiger partial charge in [-0.05, 0) is 45.0 Å². The van der Waals surface area contributed by atoms with Gasteiger partial charge in [-0.1, -0.05) is 18.6 Å². The molecule has 23 heavy (non-hydrogen) atoms. The summed E-state index contributed by atoms with van der Waals surface area (Å²) in [5.74, 6) is 0.114. The molecule has 0 aromatic heterocycles. The van der Waals surface area contributed by atoms with E-state index in [1.54, 1.807) is 18.2 Å². The van der Waals surface area contributed by atoms with Gasteiger partial charge in [-0.2, -0.15) is 0 Å². The molecule has 0 bridgehead atoms. The number of ether oxygens (including phenoxy) is 1.